The van der Waals surface area contributed by atoms with Crippen molar-refractivity contribution in [2.75, 3.05) is 4.90 Å². The highest BCUT2D eigenvalue weighted by atomic mass is 16.6. The standard InChI is InChI=1S/C19H24N2O4/c1-18(2,3)24-16(22)21(17(23)25-19(4,5)6)14-9-10-15-13(12-14)8-7-11-20-15/h7-12H,1-6H3. The number of carbonyl (C=O) groups excluding carboxylic acids is 2. The van der Waals surface area contributed by atoms with Crippen molar-refractivity contribution >= 4 is 28.8 Å². The van der Waals surface area contributed by atoms with Gasteiger partial charge in [-0.1, -0.05) is 6.07 Å². The fourth-order valence-electron chi connectivity index (χ4n) is 2.10. The second-order valence-corrected chi connectivity index (χ2v) is 7.68. The third-order valence-electron chi connectivity index (χ3n) is 3.00. The number of hydrogen-bond acceptors (Lipinski definition) is 5. The SMILES string of the molecule is CC(C)(C)OC(=O)N(C(=O)OC(C)(C)C)c1ccc2ncccc2c1. The number of hydrogen-bond donors (Lipinski definition) is 0. The second-order valence-electron chi connectivity index (χ2n) is 7.68. The lowest BCUT2D eigenvalue weighted by atomic mass is 10.2. The van der Waals surface area contributed by atoms with E-state index >= 15 is 0 Å². The Morgan fingerprint density at radius 2 is 1.48 bits per heavy atom. The maximum atomic E-state index is 12.6. The van der Waals surface area contributed by atoms with E-state index in [1.807, 2.05) is 6.07 Å². The highest BCUT2D eigenvalue weighted by molar-refractivity contribution is 6.10. The largest absolute Gasteiger partial charge is 0.443 e. The van der Waals surface area contributed by atoms with Gasteiger partial charge in [0.05, 0.1) is 11.2 Å². The van der Waals surface area contributed by atoms with E-state index in [1.165, 1.54) is 0 Å². The lowest BCUT2D eigenvalue weighted by Crippen LogP contribution is -2.43. The Labute approximate surface area is 147 Å². The molecule has 0 saturated heterocycles. The number of aromatic nitrogens is 1. The molecule has 6 heteroatoms. The molecule has 2 rings (SSSR count). The van der Waals surface area contributed by atoms with Crippen LogP contribution in [0.5, 0.6) is 0 Å². The van der Waals surface area contributed by atoms with Gasteiger partial charge in [-0.3, -0.25) is 4.98 Å². The molecular formula is C19H24N2O4. The van der Waals surface area contributed by atoms with E-state index in [-0.39, 0.29) is 0 Å². The predicted octanol–water partition coefficient (Wildman–Crippen LogP) is 4.91. The molecular weight excluding hydrogens is 320 g/mol. The van der Waals surface area contributed by atoms with Gasteiger partial charge in [-0.25, -0.2) is 9.59 Å². The molecule has 0 saturated carbocycles. The highest BCUT2D eigenvalue weighted by Crippen LogP contribution is 2.25. The molecule has 0 unspecified atom stereocenters. The van der Waals surface area contributed by atoms with Gasteiger partial charge < -0.3 is 9.47 Å². The highest BCUT2D eigenvalue weighted by Gasteiger charge is 2.32. The first-order valence-electron chi connectivity index (χ1n) is 8.07. The van der Waals surface area contributed by atoms with E-state index in [4.69, 9.17) is 9.47 Å². The summed E-state index contributed by atoms with van der Waals surface area (Å²) in [4.78, 5) is 30.4. The van der Waals surface area contributed by atoms with Gasteiger partial charge in [0, 0.05) is 11.6 Å². The Morgan fingerprint density at radius 1 is 0.920 bits per heavy atom. The average molecular weight is 344 g/mol. The van der Waals surface area contributed by atoms with Gasteiger partial charge in [-0.2, -0.15) is 4.90 Å². The van der Waals surface area contributed by atoms with Crippen LogP contribution >= 0.6 is 0 Å². The Hall–Kier alpha value is -2.63. The van der Waals surface area contributed by atoms with Crippen LogP contribution in [-0.2, 0) is 9.47 Å². The number of carbonyl (C=O) groups is 2. The van der Waals surface area contributed by atoms with Crippen LogP contribution in [0.25, 0.3) is 10.9 Å². The van der Waals surface area contributed by atoms with Gasteiger partial charge >= 0.3 is 12.2 Å². The topological polar surface area (TPSA) is 68.7 Å². The van der Waals surface area contributed by atoms with Gasteiger partial charge in [0.25, 0.3) is 0 Å². The average Bonchev–Trinajstić information content (AvgIpc) is 2.43. The third kappa shape index (κ3) is 5.17. The molecule has 0 fully saturated rings. The molecule has 0 bridgehead atoms. The summed E-state index contributed by atoms with van der Waals surface area (Å²) in [5, 5.41) is 0.803. The number of pyridine rings is 1. The van der Waals surface area contributed by atoms with Crippen molar-refractivity contribution in [3.63, 3.8) is 0 Å². The maximum Gasteiger partial charge on any atom is 0.424 e. The minimum Gasteiger partial charge on any atom is -0.443 e. The lowest BCUT2D eigenvalue weighted by molar-refractivity contribution is 0.0431. The number of fused-ring (bicyclic) bond motifs is 1. The van der Waals surface area contributed by atoms with Crippen molar-refractivity contribution in [2.45, 2.75) is 52.7 Å². The van der Waals surface area contributed by atoms with Crippen molar-refractivity contribution in [3.05, 3.63) is 36.5 Å². The summed E-state index contributed by atoms with van der Waals surface area (Å²) in [6.45, 7) is 10.4. The molecule has 0 atom stereocenters. The zero-order valence-electron chi connectivity index (χ0n) is 15.5. The van der Waals surface area contributed by atoms with Gasteiger partial charge in [0.15, 0.2) is 0 Å². The van der Waals surface area contributed by atoms with Crippen molar-refractivity contribution in [1.29, 1.82) is 0 Å². The molecule has 1 aromatic heterocycles. The van der Waals surface area contributed by atoms with E-state index in [0.717, 1.165) is 15.8 Å². The lowest BCUT2D eigenvalue weighted by Gasteiger charge is -2.28. The van der Waals surface area contributed by atoms with E-state index in [2.05, 4.69) is 4.98 Å². The fraction of sp³-hybridized carbons (Fsp3) is 0.421. The number of rotatable bonds is 1. The van der Waals surface area contributed by atoms with Crippen molar-refractivity contribution in [1.82, 2.24) is 4.98 Å². The molecule has 0 aliphatic heterocycles. The first-order chi connectivity index (χ1) is 11.5. The van der Waals surface area contributed by atoms with E-state index < -0.39 is 23.4 Å². The molecule has 134 valence electrons. The van der Waals surface area contributed by atoms with Crippen LogP contribution in [0.1, 0.15) is 41.5 Å². The number of amides is 2. The first-order valence-corrected chi connectivity index (χ1v) is 8.07. The quantitative estimate of drug-likeness (QED) is 0.735. The van der Waals surface area contributed by atoms with Crippen LogP contribution in [0.3, 0.4) is 0 Å². The smallest absolute Gasteiger partial charge is 0.424 e. The molecule has 0 aliphatic rings. The van der Waals surface area contributed by atoms with Crippen LogP contribution in [0.2, 0.25) is 0 Å². The minimum absolute atomic E-state index is 0.365. The number of imide groups is 1. The first kappa shape index (κ1) is 18.7. The van der Waals surface area contributed by atoms with Crippen LogP contribution < -0.4 is 4.90 Å². The van der Waals surface area contributed by atoms with Crippen molar-refractivity contribution < 1.29 is 19.1 Å². The third-order valence-corrected chi connectivity index (χ3v) is 3.00. The monoisotopic (exact) mass is 344 g/mol. The summed E-state index contributed by atoms with van der Waals surface area (Å²) in [7, 11) is 0. The van der Waals surface area contributed by atoms with Gasteiger partial charge in [0.2, 0.25) is 0 Å². The van der Waals surface area contributed by atoms with E-state index in [9.17, 15) is 9.59 Å². The Bertz CT molecular complexity index is 760. The molecule has 25 heavy (non-hydrogen) atoms. The molecule has 0 aliphatic carbocycles. The Kier molecular flexibility index (Phi) is 5.02. The number of nitrogens with zero attached hydrogens (tertiary/aromatic N) is 2. The number of ether oxygens (including phenoxy) is 2. The van der Waals surface area contributed by atoms with Crippen molar-refractivity contribution in [2.24, 2.45) is 0 Å². The van der Waals surface area contributed by atoms with E-state index in [0.29, 0.717) is 5.69 Å². The van der Waals surface area contributed by atoms with Crippen LogP contribution in [0, 0.1) is 0 Å². The van der Waals surface area contributed by atoms with Gasteiger partial charge in [-0.05, 0) is 65.8 Å². The molecule has 0 spiro atoms. The normalized spacial score (nSPS) is 11.9. The second kappa shape index (κ2) is 6.70. The predicted molar refractivity (Wildman–Crippen MR) is 96.7 cm³/mol. The number of anilines is 1. The number of benzene rings is 1. The summed E-state index contributed by atoms with van der Waals surface area (Å²) >= 11 is 0. The molecule has 6 nitrogen and oxygen atoms in total. The zero-order valence-corrected chi connectivity index (χ0v) is 15.5. The summed E-state index contributed by atoms with van der Waals surface area (Å²) < 4.78 is 10.7. The zero-order chi connectivity index (χ0) is 18.8. The summed E-state index contributed by atoms with van der Waals surface area (Å²) in [5.41, 5.74) is -0.352. The molecule has 2 amide bonds. The Morgan fingerprint density at radius 3 is 2.00 bits per heavy atom. The van der Waals surface area contributed by atoms with Gasteiger partial charge in [-0.15, -0.1) is 0 Å². The van der Waals surface area contributed by atoms with Gasteiger partial charge in [0.1, 0.15) is 11.2 Å². The fourth-order valence-corrected chi connectivity index (χ4v) is 2.10. The molecule has 2 aromatic rings. The summed E-state index contributed by atoms with van der Waals surface area (Å²) in [5.74, 6) is 0. The molecule has 1 heterocycles. The molecule has 0 radical (unpaired) electrons. The maximum absolute atomic E-state index is 12.6. The molecule has 0 N–H and O–H groups in total. The van der Waals surface area contributed by atoms with Crippen LogP contribution in [0.4, 0.5) is 15.3 Å². The van der Waals surface area contributed by atoms with E-state index in [1.54, 1.807) is 72.0 Å². The molecule has 1 aromatic carbocycles. The summed E-state index contributed by atoms with van der Waals surface area (Å²) in [6.07, 6.45) is 0.108. The minimum atomic E-state index is -0.787. The van der Waals surface area contributed by atoms with Crippen LogP contribution in [0.15, 0.2) is 36.5 Å². The van der Waals surface area contributed by atoms with Crippen LogP contribution in [-0.4, -0.2) is 28.4 Å². The van der Waals surface area contributed by atoms with Crippen molar-refractivity contribution in [3.8, 4) is 0 Å². The Balaban J connectivity index is 2.44. The summed E-state index contributed by atoms with van der Waals surface area (Å²) in [6, 6.07) is 8.73.